The van der Waals surface area contributed by atoms with Crippen LogP contribution in [0.25, 0.3) is 16.7 Å². The first-order valence-corrected chi connectivity index (χ1v) is 6.28. The number of hydrogen-bond acceptors (Lipinski definition) is 2. The fraction of sp³-hybridized carbons (Fsp3) is 0.125. The summed E-state index contributed by atoms with van der Waals surface area (Å²) >= 11 is 0. The number of hydrogen-bond donors (Lipinski definition) is 0. The number of rotatable bonds is 1. The lowest BCUT2D eigenvalue weighted by atomic mass is 10.2. The first-order valence-electron chi connectivity index (χ1n) is 6.28. The summed E-state index contributed by atoms with van der Waals surface area (Å²) in [6, 6.07) is 16.0. The van der Waals surface area contributed by atoms with Gasteiger partial charge in [-0.15, -0.1) is 5.10 Å². The normalized spacial score (nSPS) is 10.2. The highest BCUT2D eigenvalue weighted by molar-refractivity contribution is 5.75. The zero-order valence-corrected chi connectivity index (χ0v) is 10.7. The third kappa shape index (κ3) is 2.21. The molecule has 0 saturated carbocycles. The zero-order valence-electron chi connectivity index (χ0n) is 10.7. The van der Waals surface area contributed by atoms with Crippen LogP contribution >= 0.6 is 0 Å². The molecule has 0 unspecified atom stereocenters. The minimum absolute atomic E-state index is 0.871. The Morgan fingerprint density at radius 1 is 1.05 bits per heavy atom. The van der Waals surface area contributed by atoms with E-state index in [1.165, 1.54) is 0 Å². The SMILES string of the molecule is CCC#Cc1ccc(-n2nnc3ccccc32)cc1. The van der Waals surface area contributed by atoms with Gasteiger partial charge in [-0.25, -0.2) is 4.68 Å². The molecular formula is C16H13N3. The first kappa shape index (κ1) is 11.5. The van der Waals surface area contributed by atoms with Crippen molar-refractivity contribution in [1.29, 1.82) is 0 Å². The number of fused-ring (bicyclic) bond motifs is 1. The van der Waals surface area contributed by atoms with Crippen molar-refractivity contribution in [2.45, 2.75) is 13.3 Å². The molecule has 3 nitrogen and oxygen atoms in total. The van der Waals surface area contributed by atoms with Crippen LogP contribution in [0.15, 0.2) is 48.5 Å². The van der Waals surface area contributed by atoms with Crippen molar-refractivity contribution >= 4 is 11.0 Å². The van der Waals surface area contributed by atoms with Crippen molar-refractivity contribution in [1.82, 2.24) is 15.0 Å². The first-order chi connectivity index (χ1) is 9.38. The Morgan fingerprint density at radius 2 is 1.84 bits per heavy atom. The molecule has 3 rings (SSSR count). The van der Waals surface area contributed by atoms with Crippen LogP contribution in [0.3, 0.4) is 0 Å². The lowest BCUT2D eigenvalue weighted by Gasteiger charge is -2.01. The van der Waals surface area contributed by atoms with E-state index in [2.05, 4.69) is 22.2 Å². The molecule has 0 fully saturated rings. The van der Waals surface area contributed by atoms with Crippen LogP contribution in [0.1, 0.15) is 18.9 Å². The zero-order chi connectivity index (χ0) is 13.1. The standard InChI is InChI=1S/C16H13N3/c1-2-3-6-13-9-11-14(12-10-13)19-16-8-5-4-7-15(16)17-18-19/h4-5,7-12H,2H2,1H3. The lowest BCUT2D eigenvalue weighted by molar-refractivity contribution is 0.824. The van der Waals surface area contributed by atoms with Gasteiger partial charge in [0.05, 0.1) is 11.2 Å². The average Bonchev–Trinajstić information content (AvgIpc) is 2.90. The van der Waals surface area contributed by atoms with Gasteiger partial charge in [0.2, 0.25) is 0 Å². The quantitative estimate of drug-likeness (QED) is 0.618. The second kappa shape index (κ2) is 4.95. The van der Waals surface area contributed by atoms with E-state index in [0.717, 1.165) is 28.7 Å². The van der Waals surface area contributed by atoms with Crippen LogP contribution in [-0.4, -0.2) is 15.0 Å². The predicted molar refractivity (Wildman–Crippen MR) is 76.0 cm³/mol. The summed E-state index contributed by atoms with van der Waals surface area (Å²) in [5.74, 6) is 6.17. The van der Waals surface area contributed by atoms with Crippen molar-refractivity contribution in [3.63, 3.8) is 0 Å². The third-order valence-electron chi connectivity index (χ3n) is 2.87. The van der Waals surface area contributed by atoms with Crippen LogP contribution in [0.4, 0.5) is 0 Å². The topological polar surface area (TPSA) is 30.7 Å². The third-order valence-corrected chi connectivity index (χ3v) is 2.87. The maximum atomic E-state index is 4.19. The number of benzene rings is 2. The molecule has 0 saturated heterocycles. The molecule has 92 valence electrons. The maximum absolute atomic E-state index is 4.19. The van der Waals surface area contributed by atoms with Gasteiger partial charge in [0.1, 0.15) is 5.52 Å². The van der Waals surface area contributed by atoms with E-state index in [1.54, 1.807) is 0 Å². The fourth-order valence-electron chi connectivity index (χ4n) is 1.94. The molecule has 0 radical (unpaired) electrons. The number of para-hydroxylation sites is 1. The summed E-state index contributed by atoms with van der Waals surface area (Å²) in [7, 11) is 0. The highest BCUT2D eigenvalue weighted by Crippen LogP contribution is 2.16. The van der Waals surface area contributed by atoms with E-state index in [4.69, 9.17) is 0 Å². The largest absolute Gasteiger partial charge is 0.213 e. The van der Waals surface area contributed by atoms with Gasteiger partial charge >= 0.3 is 0 Å². The molecule has 0 aliphatic heterocycles. The summed E-state index contributed by atoms with van der Waals surface area (Å²) in [6.07, 6.45) is 0.871. The molecule has 2 aromatic carbocycles. The van der Waals surface area contributed by atoms with Crippen molar-refractivity contribution in [2.24, 2.45) is 0 Å². The van der Waals surface area contributed by atoms with Crippen molar-refractivity contribution in [2.75, 3.05) is 0 Å². The van der Waals surface area contributed by atoms with Gasteiger partial charge in [0.25, 0.3) is 0 Å². The molecule has 0 amide bonds. The molecule has 0 N–H and O–H groups in total. The van der Waals surface area contributed by atoms with Gasteiger partial charge in [-0.1, -0.05) is 36.1 Å². The van der Waals surface area contributed by atoms with Crippen LogP contribution in [0.2, 0.25) is 0 Å². The van der Waals surface area contributed by atoms with Crippen molar-refractivity contribution < 1.29 is 0 Å². The number of aromatic nitrogens is 3. The van der Waals surface area contributed by atoms with Gasteiger partial charge in [-0.3, -0.25) is 0 Å². The second-order valence-electron chi connectivity index (χ2n) is 4.19. The molecule has 3 aromatic rings. The van der Waals surface area contributed by atoms with Crippen LogP contribution in [-0.2, 0) is 0 Å². The van der Waals surface area contributed by atoms with Crippen molar-refractivity contribution in [3.05, 3.63) is 54.1 Å². The van der Waals surface area contributed by atoms with Gasteiger partial charge in [0, 0.05) is 12.0 Å². The summed E-state index contributed by atoms with van der Waals surface area (Å²) < 4.78 is 1.84. The second-order valence-corrected chi connectivity index (χ2v) is 4.19. The molecular weight excluding hydrogens is 234 g/mol. The smallest absolute Gasteiger partial charge is 0.113 e. The Labute approximate surface area is 111 Å². The Morgan fingerprint density at radius 3 is 2.63 bits per heavy atom. The van der Waals surface area contributed by atoms with Crippen LogP contribution in [0.5, 0.6) is 0 Å². The van der Waals surface area contributed by atoms with Gasteiger partial charge in [-0.05, 0) is 36.4 Å². The molecule has 1 heterocycles. The molecule has 0 aliphatic carbocycles. The highest BCUT2D eigenvalue weighted by atomic mass is 15.4. The van der Waals surface area contributed by atoms with Crippen LogP contribution < -0.4 is 0 Å². The minimum Gasteiger partial charge on any atom is -0.213 e. The van der Waals surface area contributed by atoms with E-state index in [1.807, 2.05) is 60.1 Å². The summed E-state index contributed by atoms with van der Waals surface area (Å²) in [4.78, 5) is 0. The Bertz CT molecular complexity index is 758. The molecule has 0 atom stereocenters. The lowest BCUT2D eigenvalue weighted by Crippen LogP contribution is -1.96. The van der Waals surface area contributed by atoms with E-state index in [9.17, 15) is 0 Å². The van der Waals surface area contributed by atoms with Crippen LogP contribution in [0, 0.1) is 11.8 Å². The average molecular weight is 247 g/mol. The predicted octanol–water partition coefficient (Wildman–Crippen LogP) is 3.18. The molecule has 0 aliphatic rings. The number of nitrogens with zero attached hydrogens (tertiary/aromatic N) is 3. The van der Waals surface area contributed by atoms with E-state index in [-0.39, 0.29) is 0 Å². The monoisotopic (exact) mass is 247 g/mol. The molecule has 0 bridgehead atoms. The molecule has 19 heavy (non-hydrogen) atoms. The van der Waals surface area contributed by atoms with E-state index >= 15 is 0 Å². The summed E-state index contributed by atoms with van der Waals surface area (Å²) in [6.45, 7) is 2.04. The molecule has 0 spiro atoms. The summed E-state index contributed by atoms with van der Waals surface area (Å²) in [5.41, 5.74) is 3.93. The molecule has 3 heteroatoms. The summed E-state index contributed by atoms with van der Waals surface area (Å²) in [5, 5.41) is 8.34. The Hall–Kier alpha value is -2.60. The minimum atomic E-state index is 0.871. The van der Waals surface area contributed by atoms with Gasteiger partial charge in [-0.2, -0.15) is 0 Å². The maximum Gasteiger partial charge on any atom is 0.113 e. The Kier molecular flexibility index (Phi) is 2.99. The Balaban J connectivity index is 2.02. The van der Waals surface area contributed by atoms with E-state index in [0.29, 0.717) is 0 Å². The molecule has 1 aromatic heterocycles. The van der Waals surface area contributed by atoms with E-state index < -0.39 is 0 Å². The van der Waals surface area contributed by atoms with Crippen molar-refractivity contribution in [3.8, 4) is 17.5 Å². The fourth-order valence-corrected chi connectivity index (χ4v) is 1.94. The van der Waals surface area contributed by atoms with Gasteiger partial charge < -0.3 is 0 Å². The van der Waals surface area contributed by atoms with Gasteiger partial charge in [0.15, 0.2) is 0 Å². The highest BCUT2D eigenvalue weighted by Gasteiger charge is 2.04.